The molecular weight excluding hydrogens is 468 g/mol. The number of amides is 1. The van der Waals surface area contributed by atoms with Gasteiger partial charge in [0.25, 0.3) is 0 Å². The topological polar surface area (TPSA) is 80.5 Å². The van der Waals surface area contributed by atoms with Crippen LogP contribution in [0.5, 0.6) is 0 Å². The van der Waals surface area contributed by atoms with Crippen LogP contribution >= 0.6 is 22.9 Å². The average molecular weight is 489 g/mol. The van der Waals surface area contributed by atoms with E-state index in [4.69, 9.17) is 16.0 Å². The smallest absolute Gasteiger partial charge is 0.229 e. The molecule has 0 spiro atoms. The van der Waals surface area contributed by atoms with Crippen molar-refractivity contribution in [1.82, 2.24) is 4.98 Å². The van der Waals surface area contributed by atoms with Gasteiger partial charge in [0.2, 0.25) is 5.91 Å². The molecule has 0 bridgehead atoms. The standard InChI is InChI=1S/C23H21ClN2O4S2/c24-19-10-4-11-20-22(19)25-23(31-20)26(15-18-9-5-13-30-18)21(27)12-6-14-32(28,29)16-17-7-2-1-3-8-17/h1-5,7-11,13H,6,12,14-16H2. The molecule has 0 saturated carbocycles. The molecule has 2 aromatic heterocycles. The monoisotopic (exact) mass is 488 g/mol. The van der Waals surface area contributed by atoms with E-state index in [1.165, 1.54) is 16.2 Å². The molecule has 1 amide bonds. The van der Waals surface area contributed by atoms with E-state index in [1.54, 1.807) is 36.6 Å². The summed E-state index contributed by atoms with van der Waals surface area (Å²) in [4.78, 5) is 19.2. The number of fused-ring (bicyclic) bond motifs is 1. The van der Waals surface area contributed by atoms with Gasteiger partial charge in [-0.25, -0.2) is 13.4 Å². The Balaban J connectivity index is 1.47. The first-order valence-corrected chi connectivity index (χ1v) is 13.0. The number of aromatic nitrogens is 1. The minimum atomic E-state index is -3.32. The summed E-state index contributed by atoms with van der Waals surface area (Å²) in [6.45, 7) is 0.208. The number of hydrogen-bond acceptors (Lipinski definition) is 6. The van der Waals surface area contributed by atoms with Gasteiger partial charge in [-0.1, -0.05) is 59.3 Å². The van der Waals surface area contributed by atoms with Crippen molar-refractivity contribution >= 4 is 54.0 Å². The minimum Gasteiger partial charge on any atom is -0.467 e. The molecule has 2 heterocycles. The predicted molar refractivity (Wildman–Crippen MR) is 128 cm³/mol. The van der Waals surface area contributed by atoms with Crippen molar-refractivity contribution in [2.75, 3.05) is 10.7 Å². The number of carbonyl (C=O) groups excluding carboxylic acids is 1. The molecule has 9 heteroatoms. The number of carbonyl (C=O) groups is 1. The molecule has 32 heavy (non-hydrogen) atoms. The Kier molecular flexibility index (Phi) is 6.93. The third-order valence-corrected chi connectivity index (χ3v) is 7.89. The third kappa shape index (κ3) is 5.56. The second-order valence-corrected chi connectivity index (χ2v) is 10.9. The zero-order valence-electron chi connectivity index (χ0n) is 17.1. The quantitative estimate of drug-likeness (QED) is 0.312. The maximum absolute atomic E-state index is 13.1. The van der Waals surface area contributed by atoms with Crippen molar-refractivity contribution in [2.24, 2.45) is 0 Å². The Labute approximate surface area is 195 Å². The van der Waals surface area contributed by atoms with E-state index in [2.05, 4.69) is 4.98 Å². The van der Waals surface area contributed by atoms with Gasteiger partial charge in [0.05, 0.1) is 34.0 Å². The van der Waals surface area contributed by atoms with Gasteiger partial charge in [-0.05, 0) is 36.2 Å². The van der Waals surface area contributed by atoms with Gasteiger partial charge in [-0.15, -0.1) is 0 Å². The van der Waals surface area contributed by atoms with Gasteiger partial charge in [0.1, 0.15) is 11.3 Å². The highest BCUT2D eigenvalue weighted by Gasteiger charge is 2.22. The highest BCUT2D eigenvalue weighted by molar-refractivity contribution is 7.90. The first-order chi connectivity index (χ1) is 15.4. The van der Waals surface area contributed by atoms with Crippen molar-refractivity contribution in [3.63, 3.8) is 0 Å². The summed E-state index contributed by atoms with van der Waals surface area (Å²) in [5.41, 5.74) is 1.38. The molecule has 2 aromatic carbocycles. The normalized spacial score (nSPS) is 11.7. The molecule has 0 unspecified atom stereocenters. The largest absolute Gasteiger partial charge is 0.467 e. The molecule has 0 atom stereocenters. The fourth-order valence-electron chi connectivity index (χ4n) is 3.32. The number of rotatable bonds is 9. The molecule has 0 N–H and O–H groups in total. The lowest BCUT2D eigenvalue weighted by Crippen LogP contribution is -2.30. The molecule has 0 aliphatic heterocycles. The van der Waals surface area contributed by atoms with E-state index < -0.39 is 9.84 Å². The molecule has 4 aromatic rings. The molecule has 0 aliphatic carbocycles. The van der Waals surface area contributed by atoms with E-state index in [-0.39, 0.29) is 36.8 Å². The van der Waals surface area contributed by atoms with Gasteiger partial charge in [0, 0.05) is 6.42 Å². The van der Waals surface area contributed by atoms with E-state index in [9.17, 15) is 13.2 Å². The summed E-state index contributed by atoms with van der Waals surface area (Å²) in [6.07, 6.45) is 1.86. The molecule has 166 valence electrons. The van der Waals surface area contributed by atoms with Gasteiger partial charge >= 0.3 is 0 Å². The number of nitrogens with zero attached hydrogens (tertiary/aromatic N) is 2. The van der Waals surface area contributed by atoms with Crippen molar-refractivity contribution in [1.29, 1.82) is 0 Å². The lowest BCUT2D eigenvalue weighted by atomic mass is 10.2. The highest BCUT2D eigenvalue weighted by atomic mass is 35.5. The number of sulfone groups is 1. The lowest BCUT2D eigenvalue weighted by molar-refractivity contribution is -0.118. The predicted octanol–water partition coefficient (Wildman–Crippen LogP) is 5.47. The minimum absolute atomic E-state index is 0.0332. The highest BCUT2D eigenvalue weighted by Crippen LogP contribution is 2.34. The van der Waals surface area contributed by atoms with Crippen LogP contribution in [0.2, 0.25) is 5.02 Å². The summed E-state index contributed by atoms with van der Waals surface area (Å²) in [6, 6.07) is 18.1. The SMILES string of the molecule is O=C(CCCS(=O)(=O)Cc1ccccc1)N(Cc1ccco1)c1nc2c(Cl)cccc2s1. The van der Waals surface area contributed by atoms with Crippen LogP contribution in [0.25, 0.3) is 10.2 Å². The van der Waals surface area contributed by atoms with Crippen LogP contribution < -0.4 is 4.90 Å². The molecular formula is C23H21ClN2O4S2. The summed E-state index contributed by atoms with van der Waals surface area (Å²) in [5.74, 6) is 0.300. The third-order valence-electron chi connectivity index (χ3n) is 4.86. The van der Waals surface area contributed by atoms with Crippen molar-refractivity contribution in [3.8, 4) is 0 Å². The van der Waals surface area contributed by atoms with Crippen LogP contribution in [0.3, 0.4) is 0 Å². The van der Waals surface area contributed by atoms with Gasteiger partial charge in [0.15, 0.2) is 15.0 Å². The van der Waals surface area contributed by atoms with E-state index in [1.807, 2.05) is 30.3 Å². The first kappa shape index (κ1) is 22.5. The molecule has 6 nitrogen and oxygen atoms in total. The first-order valence-electron chi connectivity index (χ1n) is 10.0. The molecule has 4 rings (SSSR count). The zero-order valence-corrected chi connectivity index (χ0v) is 19.5. The Bertz CT molecular complexity index is 1300. The summed E-state index contributed by atoms with van der Waals surface area (Å²) in [5, 5.41) is 1.02. The summed E-state index contributed by atoms with van der Waals surface area (Å²) < 4.78 is 31.2. The van der Waals surface area contributed by atoms with Crippen molar-refractivity contribution < 1.29 is 17.6 Å². The van der Waals surface area contributed by atoms with Crippen LogP contribution in [0.1, 0.15) is 24.2 Å². The van der Waals surface area contributed by atoms with Gasteiger partial charge < -0.3 is 4.42 Å². The van der Waals surface area contributed by atoms with Gasteiger partial charge in [-0.2, -0.15) is 0 Å². The molecule has 0 saturated heterocycles. The fourth-order valence-corrected chi connectivity index (χ4v) is 6.03. The van der Waals surface area contributed by atoms with Crippen LogP contribution in [-0.4, -0.2) is 25.1 Å². The maximum Gasteiger partial charge on any atom is 0.229 e. The van der Waals surface area contributed by atoms with Gasteiger partial charge in [-0.3, -0.25) is 9.69 Å². The average Bonchev–Trinajstić information content (AvgIpc) is 3.42. The van der Waals surface area contributed by atoms with Crippen LogP contribution in [0.4, 0.5) is 5.13 Å². The van der Waals surface area contributed by atoms with Crippen LogP contribution in [-0.2, 0) is 26.9 Å². The number of hydrogen-bond donors (Lipinski definition) is 0. The van der Waals surface area contributed by atoms with E-state index in [0.717, 1.165) is 10.3 Å². The lowest BCUT2D eigenvalue weighted by Gasteiger charge is -2.18. The van der Waals surface area contributed by atoms with Crippen LogP contribution in [0.15, 0.2) is 71.3 Å². The van der Waals surface area contributed by atoms with E-state index in [0.29, 0.717) is 21.4 Å². The summed E-state index contributed by atoms with van der Waals surface area (Å²) in [7, 11) is -3.32. The Morgan fingerprint density at radius 3 is 2.59 bits per heavy atom. The Morgan fingerprint density at radius 2 is 1.88 bits per heavy atom. The summed E-state index contributed by atoms with van der Waals surface area (Å²) >= 11 is 7.61. The number of thiazole rings is 1. The number of benzene rings is 2. The Morgan fingerprint density at radius 1 is 1.06 bits per heavy atom. The molecule has 0 fully saturated rings. The Hall–Kier alpha value is -2.68. The molecule has 0 radical (unpaired) electrons. The molecule has 0 aliphatic rings. The van der Waals surface area contributed by atoms with E-state index >= 15 is 0 Å². The van der Waals surface area contributed by atoms with Crippen molar-refractivity contribution in [2.45, 2.75) is 25.1 Å². The number of para-hydroxylation sites is 1. The second-order valence-electron chi connectivity index (χ2n) is 7.32. The van der Waals surface area contributed by atoms with Crippen molar-refractivity contribution in [3.05, 3.63) is 83.3 Å². The van der Waals surface area contributed by atoms with Crippen LogP contribution in [0, 0.1) is 0 Å². The zero-order chi connectivity index (χ0) is 22.6. The number of halogens is 1. The number of furan rings is 1. The second kappa shape index (κ2) is 9.85. The maximum atomic E-state index is 13.1. The fraction of sp³-hybridized carbons (Fsp3) is 0.217. The number of anilines is 1.